The Bertz CT molecular complexity index is 1450. The van der Waals surface area contributed by atoms with E-state index in [1.54, 1.807) is 28.3 Å². The molecular weight excluding hydrogens is 740 g/mol. The van der Waals surface area contributed by atoms with Crippen LogP contribution in [-0.4, -0.2) is 147 Å². The molecule has 0 radical (unpaired) electrons. The van der Waals surface area contributed by atoms with Crippen molar-refractivity contribution >= 4 is 5.78 Å². The largest absolute Gasteiger partial charge is 0.389 e. The van der Waals surface area contributed by atoms with Crippen LogP contribution in [-0.2, 0) is 52.2 Å². The molecule has 3 saturated carbocycles. The second-order valence-electron chi connectivity index (χ2n) is 18.6. The summed E-state index contributed by atoms with van der Waals surface area (Å²) in [6, 6.07) is 0. The Kier molecular flexibility index (Phi) is 13.1. The van der Waals surface area contributed by atoms with Crippen LogP contribution >= 0.6 is 0 Å². The number of hydrogen-bond donors (Lipinski definition) is 3. The number of allylic oxidation sites excluding steroid dienone is 1. The first-order valence-electron chi connectivity index (χ1n) is 21.4. The van der Waals surface area contributed by atoms with Gasteiger partial charge in [0.1, 0.15) is 30.5 Å². The number of aliphatic hydroxyl groups is 3. The molecule has 0 bridgehead atoms. The fourth-order valence-corrected chi connectivity index (χ4v) is 12.3. The van der Waals surface area contributed by atoms with Gasteiger partial charge in [0, 0.05) is 53.1 Å². The van der Waals surface area contributed by atoms with E-state index in [2.05, 4.69) is 13.0 Å². The number of ether oxygens (including phenoxy) is 10. The third kappa shape index (κ3) is 7.63. The third-order valence-corrected chi connectivity index (χ3v) is 15.9. The minimum Gasteiger partial charge on any atom is -0.389 e. The van der Waals surface area contributed by atoms with E-state index in [4.69, 9.17) is 47.4 Å². The minimum atomic E-state index is -1.59. The highest BCUT2D eigenvalue weighted by Crippen LogP contribution is 2.69. The summed E-state index contributed by atoms with van der Waals surface area (Å²) in [6.07, 6.45) is 3.76. The number of carbonyl (C=O) groups excluding carboxylic acids is 1. The van der Waals surface area contributed by atoms with Crippen LogP contribution in [0.4, 0.5) is 0 Å². The van der Waals surface area contributed by atoms with Crippen molar-refractivity contribution in [1.82, 2.24) is 0 Å². The zero-order chi connectivity index (χ0) is 41.1. The van der Waals surface area contributed by atoms with Crippen LogP contribution in [0.3, 0.4) is 0 Å². The molecule has 326 valence electrons. The lowest BCUT2D eigenvalue weighted by Crippen LogP contribution is -2.66. The van der Waals surface area contributed by atoms with E-state index >= 15 is 0 Å². The highest BCUT2D eigenvalue weighted by atomic mass is 16.7. The van der Waals surface area contributed by atoms with Crippen molar-refractivity contribution in [2.75, 3.05) is 35.0 Å². The van der Waals surface area contributed by atoms with Crippen LogP contribution in [0.25, 0.3) is 0 Å². The molecule has 7 aliphatic rings. The van der Waals surface area contributed by atoms with Crippen LogP contribution in [0.1, 0.15) is 105 Å². The Morgan fingerprint density at radius 1 is 0.737 bits per heavy atom. The lowest BCUT2D eigenvalue weighted by atomic mass is 9.45. The standard InChI is InChI=1S/C43H70O14/c1-23-37(45)30(49-7)19-35(52-23)56-39-25(3)54-36(21-32(39)51-9)57-38-24(2)53-34(20-31(38)50-8)55-27-12-14-40(4)26(18-27)10-11-29-28(40)13-15-41(5)42(29,46)16-17-43(41,47)33(44)22-48-6/h10,23-25,27-32,34-39,45-47H,11-22H2,1-9H3. The second-order valence-corrected chi connectivity index (χ2v) is 18.6. The molecule has 14 nitrogen and oxygen atoms in total. The molecule has 3 aliphatic heterocycles. The molecule has 0 aromatic carbocycles. The minimum absolute atomic E-state index is 0.0197. The van der Waals surface area contributed by atoms with Gasteiger partial charge in [0.2, 0.25) is 0 Å². The van der Waals surface area contributed by atoms with E-state index in [0.717, 1.165) is 32.1 Å². The predicted octanol–water partition coefficient (Wildman–Crippen LogP) is 3.98. The quantitative estimate of drug-likeness (QED) is 0.242. The van der Waals surface area contributed by atoms with Crippen molar-refractivity contribution in [1.29, 1.82) is 0 Å². The number of methoxy groups -OCH3 is 4. The molecule has 7 rings (SSSR count). The maximum Gasteiger partial charge on any atom is 0.190 e. The van der Waals surface area contributed by atoms with Gasteiger partial charge in [-0.3, -0.25) is 4.79 Å². The summed E-state index contributed by atoms with van der Waals surface area (Å²) in [4.78, 5) is 13.2. The van der Waals surface area contributed by atoms with Crippen LogP contribution in [0.5, 0.6) is 0 Å². The molecule has 0 spiro atoms. The van der Waals surface area contributed by atoms with E-state index in [1.807, 2.05) is 20.8 Å². The topological polar surface area (TPSA) is 170 Å². The van der Waals surface area contributed by atoms with E-state index in [-0.39, 0.29) is 72.7 Å². The first kappa shape index (κ1) is 44.0. The number of fused-ring (bicyclic) bond motifs is 5. The van der Waals surface area contributed by atoms with Gasteiger partial charge in [-0.2, -0.15) is 0 Å². The lowest BCUT2D eigenvalue weighted by molar-refractivity contribution is -0.338. The highest BCUT2D eigenvalue weighted by Gasteiger charge is 2.73. The van der Waals surface area contributed by atoms with Crippen LogP contribution < -0.4 is 0 Å². The SMILES string of the molecule is COCC(=O)C1(O)CCC2(O)C3CC=C4CC(OC5CC(OC)C(OC6CC(OC)C(OC7CC(OC)C(O)C(C)O7)C(C)O6)C(C)O5)CCC4(C)C3CCC12C. The number of ketones is 1. The monoisotopic (exact) mass is 810 g/mol. The first-order valence-corrected chi connectivity index (χ1v) is 21.4. The number of aliphatic hydroxyl groups excluding tert-OH is 1. The van der Waals surface area contributed by atoms with Gasteiger partial charge >= 0.3 is 0 Å². The predicted molar refractivity (Wildman–Crippen MR) is 205 cm³/mol. The Labute approximate surface area is 338 Å². The van der Waals surface area contributed by atoms with Crippen molar-refractivity contribution in [3.05, 3.63) is 11.6 Å². The van der Waals surface area contributed by atoms with Crippen molar-refractivity contribution in [3.8, 4) is 0 Å². The number of hydrogen-bond acceptors (Lipinski definition) is 14. The molecule has 6 fully saturated rings. The fraction of sp³-hybridized carbons (Fsp3) is 0.930. The molecule has 0 aromatic heterocycles. The molecule has 14 heteroatoms. The molecule has 0 amide bonds. The highest BCUT2D eigenvalue weighted by molar-refractivity contribution is 5.90. The third-order valence-electron chi connectivity index (χ3n) is 15.9. The van der Waals surface area contributed by atoms with Gasteiger partial charge in [-0.1, -0.05) is 25.5 Å². The molecule has 4 aliphatic carbocycles. The molecule has 19 atom stereocenters. The molecule has 19 unspecified atom stereocenters. The fourth-order valence-electron chi connectivity index (χ4n) is 12.3. The van der Waals surface area contributed by atoms with E-state index < -0.39 is 59.9 Å². The van der Waals surface area contributed by atoms with Crippen LogP contribution in [0, 0.1) is 22.7 Å². The molecule has 3 N–H and O–H groups in total. The summed E-state index contributed by atoms with van der Waals surface area (Å²) < 4.78 is 61.0. The maximum absolute atomic E-state index is 13.2. The molecular formula is C43H70O14. The molecule has 57 heavy (non-hydrogen) atoms. The maximum atomic E-state index is 13.2. The van der Waals surface area contributed by atoms with Crippen LogP contribution in [0.2, 0.25) is 0 Å². The zero-order valence-corrected chi connectivity index (χ0v) is 35.6. The summed E-state index contributed by atoms with van der Waals surface area (Å²) in [5.74, 6) is -0.106. The Balaban J connectivity index is 0.943. The van der Waals surface area contributed by atoms with Crippen molar-refractivity contribution in [2.45, 2.75) is 196 Å². The second kappa shape index (κ2) is 17.0. The van der Waals surface area contributed by atoms with Gasteiger partial charge < -0.3 is 62.7 Å². The first-order chi connectivity index (χ1) is 27.0. The summed E-state index contributed by atoms with van der Waals surface area (Å²) in [6.45, 7) is 9.84. The Hall–Kier alpha value is -1.11. The smallest absolute Gasteiger partial charge is 0.190 e. The average molecular weight is 811 g/mol. The van der Waals surface area contributed by atoms with Crippen molar-refractivity contribution in [3.63, 3.8) is 0 Å². The number of carbonyl (C=O) groups is 1. The summed E-state index contributed by atoms with van der Waals surface area (Å²) in [5, 5.41) is 34.6. The van der Waals surface area contributed by atoms with Gasteiger partial charge in [-0.25, -0.2) is 0 Å². The molecule has 3 heterocycles. The van der Waals surface area contributed by atoms with Gasteiger partial charge in [-0.15, -0.1) is 0 Å². The van der Waals surface area contributed by atoms with Gasteiger partial charge in [0.05, 0.1) is 48.3 Å². The zero-order valence-electron chi connectivity index (χ0n) is 35.6. The summed E-state index contributed by atoms with van der Waals surface area (Å²) >= 11 is 0. The van der Waals surface area contributed by atoms with Gasteiger partial charge in [0.25, 0.3) is 0 Å². The summed E-state index contributed by atoms with van der Waals surface area (Å²) in [7, 11) is 6.39. The van der Waals surface area contributed by atoms with Crippen LogP contribution in [0.15, 0.2) is 11.6 Å². The van der Waals surface area contributed by atoms with E-state index in [1.165, 1.54) is 12.7 Å². The summed E-state index contributed by atoms with van der Waals surface area (Å²) in [5.41, 5.74) is -2.35. The molecule has 0 aromatic rings. The molecule has 3 saturated heterocycles. The average Bonchev–Trinajstić information content (AvgIpc) is 3.40. The Morgan fingerprint density at radius 2 is 1.30 bits per heavy atom. The normalized spacial score (nSPS) is 51.4. The van der Waals surface area contributed by atoms with Gasteiger partial charge in [0.15, 0.2) is 24.7 Å². The number of rotatable bonds is 12. The Morgan fingerprint density at radius 3 is 1.88 bits per heavy atom. The van der Waals surface area contributed by atoms with Crippen molar-refractivity contribution < 1.29 is 67.5 Å². The van der Waals surface area contributed by atoms with E-state index in [9.17, 15) is 20.1 Å². The number of Topliss-reactive ketones (excluding diaryl/α,β-unsaturated/α-hetero) is 1. The lowest BCUT2D eigenvalue weighted by Gasteiger charge is -2.62. The van der Waals surface area contributed by atoms with Crippen molar-refractivity contribution in [2.24, 2.45) is 22.7 Å². The van der Waals surface area contributed by atoms with Gasteiger partial charge in [-0.05, 0) is 89.4 Å². The van der Waals surface area contributed by atoms with E-state index in [0.29, 0.717) is 32.1 Å².